The van der Waals surface area contributed by atoms with Crippen LogP contribution < -0.4 is 10.0 Å². The minimum Gasteiger partial charge on any atom is -0.548 e. The van der Waals surface area contributed by atoms with Gasteiger partial charge in [-0.25, -0.2) is 4.90 Å². The van der Waals surface area contributed by atoms with E-state index >= 15 is 0 Å². The molecule has 1 aromatic carbocycles. The van der Waals surface area contributed by atoms with Gasteiger partial charge in [-0.2, -0.15) is 0 Å². The van der Waals surface area contributed by atoms with Crippen molar-refractivity contribution in [2.75, 3.05) is 4.90 Å². The summed E-state index contributed by atoms with van der Waals surface area (Å²) in [6, 6.07) is 5.32. The number of aliphatic carboxylic acids is 1. The number of carbonyl (C=O) groups is 4. The van der Waals surface area contributed by atoms with Gasteiger partial charge >= 0.3 is 0 Å². The highest BCUT2D eigenvalue weighted by Crippen LogP contribution is 2.44. The molecule has 9 heteroatoms. The maximum absolute atomic E-state index is 12.7. The summed E-state index contributed by atoms with van der Waals surface area (Å²) in [5.74, 6) is -3.25. The van der Waals surface area contributed by atoms with Gasteiger partial charge in [0.1, 0.15) is 4.32 Å². The van der Waals surface area contributed by atoms with Gasteiger partial charge in [-0.15, -0.1) is 0 Å². The van der Waals surface area contributed by atoms with E-state index in [1.807, 2.05) is 0 Å². The molecule has 0 aromatic heterocycles. The molecule has 2 aliphatic rings. The van der Waals surface area contributed by atoms with Crippen LogP contribution in [0.3, 0.4) is 0 Å². The molecule has 0 saturated carbocycles. The summed E-state index contributed by atoms with van der Waals surface area (Å²) in [6.45, 7) is 2.53. The Balaban J connectivity index is 2.17. The Morgan fingerprint density at radius 3 is 2.44 bits per heavy atom. The second-order valence-corrected chi connectivity index (χ2v) is 7.06. The van der Waals surface area contributed by atoms with E-state index in [2.05, 4.69) is 0 Å². The quantitative estimate of drug-likeness (QED) is 0.541. The predicted molar refractivity (Wildman–Crippen MR) is 93.0 cm³/mol. The van der Waals surface area contributed by atoms with Crippen LogP contribution in [0.25, 0.3) is 5.57 Å². The molecule has 1 atom stereocenters. The first kappa shape index (κ1) is 17.3. The van der Waals surface area contributed by atoms with Gasteiger partial charge in [0.15, 0.2) is 0 Å². The Hall–Kier alpha value is -2.52. The standard InChI is InChI=1S/C16H12N2O5S2/c1-7(15(22)23)17-14(21)12(25-16(17)24)11-9-5-3-4-6-10(9)18(8(2)19)13(11)20/h3-7H,1-2H3,(H,22,23)/p-1/b12-11-/t7-/m0/s1. The van der Waals surface area contributed by atoms with Gasteiger partial charge in [0.2, 0.25) is 5.91 Å². The van der Waals surface area contributed by atoms with Crippen molar-refractivity contribution >= 4 is 63.3 Å². The molecular formula is C16H11N2O5S2-. The highest BCUT2D eigenvalue weighted by atomic mass is 32.2. The normalized spacial score (nSPS) is 21.0. The number of carbonyl (C=O) groups excluding carboxylic acids is 4. The van der Waals surface area contributed by atoms with Gasteiger partial charge in [0.05, 0.1) is 28.2 Å². The van der Waals surface area contributed by atoms with Gasteiger partial charge in [0.25, 0.3) is 11.8 Å². The zero-order valence-electron chi connectivity index (χ0n) is 13.1. The predicted octanol–water partition coefficient (Wildman–Crippen LogP) is 0.289. The number of amides is 3. The first-order valence-corrected chi connectivity index (χ1v) is 8.43. The van der Waals surface area contributed by atoms with Crippen molar-refractivity contribution in [2.45, 2.75) is 19.9 Å². The van der Waals surface area contributed by atoms with E-state index in [9.17, 15) is 24.3 Å². The average molecular weight is 375 g/mol. The van der Waals surface area contributed by atoms with Crippen LogP contribution in [0.4, 0.5) is 5.69 Å². The zero-order valence-corrected chi connectivity index (χ0v) is 14.8. The number of thioether (sulfide) groups is 1. The fourth-order valence-corrected chi connectivity index (χ4v) is 4.21. The number of anilines is 1. The van der Waals surface area contributed by atoms with Crippen molar-refractivity contribution < 1.29 is 24.3 Å². The van der Waals surface area contributed by atoms with E-state index in [4.69, 9.17) is 12.2 Å². The molecule has 0 unspecified atom stereocenters. The molecule has 0 aliphatic carbocycles. The van der Waals surface area contributed by atoms with Crippen LogP contribution in [-0.2, 0) is 19.2 Å². The summed E-state index contributed by atoms with van der Waals surface area (Å²) < 4.78 is 0.0238. The van der Waals surface area contributed by atoms with E-state index in [-0.39, 0.29) is 14.8 Å². The molecule has 25 heavy (non-hydrogen) atoms. The molecule has 1 saturated heterocycles. The maximum Gasteiger partial charge on any atom is 0.267 e. The fraction of sp³-hybridized carbons (Fsp3) is 0.188. The number of hydrogen-bond acceptors (Lipinski definition) is 7. The van der Waals surface area contributed by atoms with Crippen LogP contribution in [0.5, 0.6) is 0 Å². The molecule has 7 nitrogen and oxygen atoms in total. The highest BCUT2D eigenvalue weighted by molar-refractivity contribution is 8.26. The van der Waals surface area contributed by atoms with Crippen molar-refractivity contribution in [1.82, 2.24) is 4.90 Å². The molecule has 0 bridgehead atoms. The van der Waals surface area contributed by atoms with Crippen LogP contribution in [0, 0.1) is 0 Å². The first-order chi connectivity index (χ1) is 11.8. The smallest absolute Gasteiger partial charge is 0.267 e. The van der Waals surface area contributed by atoms with Crippen molar-refractivity contribution in [3.05, 3.63) is 34.7 Å². The Labute approximate surface area is 152 Å². The summed E-state index contributed by atoms with van der Waals surface area (Å²) in [6.07, 6.45) is 0. The van der Waals surface area contributed by atoms with Crippen LogP contribution in [0.1, 0.15) is 19.4 Å². The van der Waals surface area contributed by atoms with E-state index in [1.54, 1.807) is 24.3 Å². The van der Waals surface area contributed by atoms with Gasteiger partial charge < -0.3 is 9.90 Å². The molecule has 1 fully saturated rings. The topological polar surface area (TPSA) is 97.8 Å². The van der Waals surface area contributed by atoms with Crippen molar-refractivity contribution in [2.24, 2.45) is 0 Å². The summed E-state index contributed by atoms with van der Waals surface area (Å²) >= 11 is 5.94. The van der Waals surface area contributed by atoms with Crippen LogP contribution in [0.15, 0.2) is 29.2 Å². The SMILES string of the molecule is CC(=O)N1C(=O)/C(=C2\SC(=S)N([C@@H](C)C(=O)[O-])C2=O)c2ccccc21. The van der Waals surface area contributed by atoms with Gasteiger partial charge in [-0.3, -0.25) is 19.3 Å². The molecule has 0 N–H and O–H groups in total. The second kappa shape index (κ2) is 6.08. The van der Waals surface area contributed by atoms with E-state index in [0.717, 1.165) is 21.6 Å². The molecule has 1 aromatic rings. The summed E-state index contributed by atoms with van der Waals surface area (Å²) in [5.41, 5.74) is 0.869. The lowest BCUT2D eigenvalue weighted by Gasteiger charge is -2.23. The number of imide groups is 1. The molecular weight excluding hydrogens is 364 g/mol. The Morgan fingerprint density at radius 2 is 1.84 bits per heavy atom. The number of thiocarbonyl (C=S) groups is 1. The largest absolute Gasteiger partial charge is 0.548 e. The summed E-state index contributed by atoms with van der Waals surface area (Å²) in [5, 5.41) is 11.1. The van der Waals surface area contributed by atoms with Crippen LogP contribution in [-0.4, -0.2) is 39.0 Å². The molecule has 2 aliphatic heterocycles. The third-order valence-electron chi connectivity index (χ3n) is 3.90. The zero-order chi connectivity index (χ0) is 18.5. The molecule has 3 rings (SSSR count). The van der Waals surface area contributed by atoms with Gasteiger partial charge in [-0.05, 0) is 13.0 Å². The van der Waals surface area contributed by atoms with Gasteiger partial charge in [0, 0.05) is 12.5 Å². The highest BCUT2D eigenvalue weighted by Gasteiger charge is 2.44. The summed E-state index contributed by atoms with van der Waals surface area (Å²) in [4.78, 5) is 50.3. The lowest BCUT2D eigenvalue weighted by molar-refractivity contribution is -0.309. The summed E-state index contributed by atoms with van der Waals surface area (Å²) in [7, 11) is 0. The molecule has 128 valence electrons. The number of para-hydroxylation sites is 1. The number of fused-ring (bicyclic) bond motifs is 1. The number of hydrogen-bond donors (Lipinski definition) is 0. The van der Waals surface area contributed by atoms with Crippen LogP contribution >= 0.6 is 24.0 Å². The number of carboxylic acid groups (broad SMARTS) is 1. The first-order valence-electron chi connectivity index (χ1n) is 7.20. The monoisotopic (exact) mass is 375 g/mol. The Morgan fingerprint density at radius 1 is 1.20 bits per heavy atom. The van der Waals surface area contributed by atoms with E-state index in [1.165, 1.54) is 13.8 Å². The average Bonchev–Trinajstić information content (AvgIpc) is 2.99. The maximum atomic E-state index is 12.7. The Kier molecular flexibility index (Phi) is 4.21. The van der Waals surface area contributed by atoms with E-state index < -0.39 is 29.7 Å². The van der Waals surface area contributed by atoms with Crippen LogP contribution in [0.2, 0.25) is 0 Å². The molecule has 3 amide bonds. The van der Waals surface area contributed by atoms with Crippen molar-refractivity contribution in [3.63, 3.8) is 0 Å². The van der Waals surface area contributed by atoms with Gasteiger partial charge in [-0.1, -0.05) is 42.2 Å². The lowest BCUT2D eigenvalue weighted by Crippen LogP contribution is -2.48. The number of nitrogens with zero attached hydrogens (tertiary/aromatic N) is 2. The second-order valence-electron chi connectivity index (χ2n) is 5.42. The lowest BCUT2D eigenvalue weighted by atomic mass is 10.1. The minimum absolute atomic E-state index is 0.0132. The third kappa shape index (κ3) is 2.56. The van der Waals surface area contributed by atoms with Crippen molar-refractivity contribution in [3.8, 4) is 0 Å². The van der Waals surface area contributed by atoms with Crippen molar-refractivity contribution in [1.29, 1.82) is 0 Å². The van der Waals surface area contributed by atoms with E-state index in [0.29, 0.717) is 11.3 Å². The fourth-order valence-electron chi connectivity index (χ4n) is 2.72. The minimum atomic E-state index is -1.45. The number of benzene rings is 1. The molecule has 2 heterocycles. The third-order valence-corrected chi connectivity index (χ3v) is 5.30. The number of rotatable bonds is 2. The Bertz CT molecular complexity index is 892. The molecule has 0 spiro atoms. The molecule has 0 radical (unpaired) electrons. The number of carboxylic acids is 1.